The molecule has 2 saturated heterocycles. The van der Waals surface area contributed by atoms with Crippen LogP contribution in [0.4, 0.5) is 10.5 Å². The molecule has 2 N–H and O–H groups in total. The summed E-state index contributed by atoms with van der Waals surface area (Å²) in [5.74, 6) is 0.823. The van der Waals surface area contributed by atoms with Crippen LogP contribution >= 0.6 is 0 Å². The summed E-state index contributed by atoms with van der Waals surface area (Å²) in [6.07, 6.45) is 3.46. The number of ether oxygens (including phenoxy) is 1. The second kappa shape index (κ2) is 7.61. The molecule has 2 heterocycles. The van der Waals surface area contributed by atoms with Gasteiger partial charge in [-0.25, -0.2) is 4.79 Å². The van der Waals surface area contributed by atoms with Crippen molar-refractivity contribution >= 4 is 11.7 Å². The van der Waals surface area contributed by atoms with Gasteiger partial charge in [-0.15, -0.1) is 0 Å². The molecule has 0 radical (unpaired) electrons. The average Bonchev–Trinajstić information content (AvgIpc) is 3.16. The number of hydrogen-bond acceptors (Lipinski definition) is 3. The number of rotatable bonds is 3. The van der Waals surface area contributed by atoms with E-state index in [1.165, 1.54) is 12.8 Å². The number of likely N-dealkylation sites (tertiary alicyclic amines) is 1. The highest BCUT2D eigenvalue weighted by molar-refractivity contribution is 5.94. The van der Waals surface area contributed by atoms with Crippen LogP contribution in [0.2, 0.25) is 0 Å². The molecule has 0 bridgehead atoms. The van der Waals surface area contributed by atoms with Gasteiger partial charge in [-0.05, 0) is 49.6 Å². The van der Waals surface area contributed by atoms with Crippen LogP contribution in [-0.2, 0) is 0 Å². The van der Waals surface area contributed by atoms with E-state index in [4.69, 9.17) is 4.74 Å². The van der Waals surface area contributed by atoms with Crippen LogP contribution in [0.1, 0.15) is 19.3 Å². The molecule has 0 aromatic heterocycles. The number of carbonyl (C=O) groups excluding carboxylic acids is 1. The molecular formula is C22H27N3O2. The Labute approximate surface area is 160 Å². The molecule has 2 amide bonds. The summed E-state index contributed by atoms with van der Waals surface area (Å²) >= 11 is 0. The maximum absolute atomic E-state index is 13.0. The summed E-state index contributed by atoms with van der Waals surface area (Å²) in [5, 5.41) is 6.61. The molecule has 1 atom stereocenters. The Morgan fingerprint density at radius 1 is 1.15 bits per heavy atom. The molecule has 5 nitrogen and oxygen atoms in total. The second-order valence-electron chi connectivity index (χ2n) is 7.66. The predicted molar refractivity (Wildman–Crippen MR) is 108 cm³/mol. The maximum Gasteiger partial charge on any atom is 0.321 e. The van der Waals surface area contributed by atoms with E-state index in [-0.39, 0.29) is 11.4 Å². The topological polar surface area (TPSA) is 53.6 Å². The minimum atomic E-state index is 0.00179. The van der Waals surface area contributed by atoms with Crippen LogP contribution in [0.5, 0.6) is 5.75 Å². The molecule has 142 valence electrons. The van der Waals surface area contributed by atoms with E-state index < -0.39 is 0 Å². The first-order chi connectivity index (χ1) is 13.2. The Kier molecular flexibility index (Phi) is 5.03. The number of methoxy groups -OCH3 is 1. The lowest BCUT2D eigenvalue weighted by Gasteiger charge is -2.40. The van der Waals surface area contributed by atoms with Crippen molar-refractivity contribution in [2.75, 3.05) is 38.6 Å². The van der Waals surface area contributed by atoms with Gasteiger partial charge in [0.2, 0.25) is 0 Å². The summed E-state index contributed by atoms with van der Waals surface area (Å²) in [4.78, 5) is 15.0. The summed E-state index contributed by atoms with van der Waals surface area (Å²) in [7, 11) is 1.66. The van der Waals surface area contributed by atoms with E-state index in [1.54, 1.807) is 7.11 Å². The number of anilines is 1. The molecule has 2 aliphatic rings. The minimum absolute atomic E-state index is 0.00179. The van der Waals surface area contributed by atoms with Gasteiger partial charge in [0.15, 0.2) is 0 Å². The first-order valence-corrected chi connectivity index (χ1v) is 9.69. The summed E-state index contributed by atoms with van der Waals surface area (Å²) in [6, 6.07) is 15.9. The minimum Gasteiger partial charge on any atom is -0.497 e. The van der Waals surface area contributed by atoms with Crippen LogP contribution in [0, 0.1) is 5.41 Å². The van der Waals surface area contributed by atoms with E-state index in [1.807, 2.05) is 53.4 Å². The third-order valence-corrected chi connectivity index (χ3v) is 5.85. The first-order valence-electron chi connectivity index (χ1n) is 9.69. The highest BCUT2D eigenvalue weighted by Gasteiger charge is 2.39. The zero-order chi connectivity index (χ0) is 18.7. The Bertz CT molecular complexity index is 797. The van der Waals surface area contributed by atoms with Gasteiger partial charge in [-0.2, -0.15) is 0 Å². The fourth-order valence-electron chi connectivity index (χ4n) is 4.33. The summed E-state index contributed by atoms with van der Waals surface area (Å²) < 4.78 is 5.24. The van der Waals surface area contributed by atoms with Gasteiger partial charge in [0.25, 0.3) is 0 Å². The molecule has 2 aliphatic heterocycles. The van der Waals surface area contributed by atoms with Crippen molar-refractivity contribution in [3.8, 4) is 16.9 Å². The van der Waals surface area contributed by atoms with Crippen molar-refractivity contribution in [1.82, 2.24) is 10.2 Å². The van der Waals surface area contributed by atoms with Crippen molar-refractivity contribution in [2.24, 2.45) is 5.41 Å². The number of nitrogens with zero attached hydrogens (tertiary/aromatic N) is 1. The van der Waals surface area contributed by atoms with Gasteiger partial charge < -0.3 is 20.3 Å². The highest BCUT2D eigenvalue weighted by atomic mass is 16.5. The molecule has 0 aliphatic carbocycles. The van der Waals surface area contributed by atoms with E-state index in [9.17, 15) is 4.79 Å². The molecule has 2 aromatic carbocycles. The van der Waals surface area contributed by atoms with E-state index >= 15 is 0 Å². The van der Waals surface area contributed by atoms with Crippen LogP contribution < -0.4 is 15.4 Å². The van der Waals surface area contributed by atoms with E-state index in [2.05, 4.69) is 10.6 Å². The number of hydrogen-bond donors (Lipinski definition) is 2. The number of nitrogens with one attached hydrogen (secondary N) is 2. The molecule has 2 fully saturated rings. The van der Waals surface area contributed by atoms with Crippen molar-refractivity contribution in [3.05, 3.63) is 48.5 Å². The largest absolute Gasteiger partial charge is 0.497 e. The van der Waals surface area contributed by atoms with E-state index in [0.29, 0.717) is 0 Å². The molecule has 4 rings (SSSR count). The monoisotopic (exact) mass is 365 g/mol. The zero-order valence-corrected chi connectivity index (χ0v) is 15.8. The normalized spacial score (nSPS) is 22.0. The quantitative estimate of drug-likeness (QED) is 0.865. The smallest absolute Gasteiger partial charge is 0.321 e. The first kappa shape index (κ1) is 17.9. The van der Waals surface area contributed by atoms with Gasteiger partial charge in [-0.3, -0.25) is 0 Å². The van der Waals surface area contributed by atoms with Crippen LogP contribution in [0.25, 0.3) is 11.1 Å². The van der Waals surface area contributed by atoms with Crippen molar-refractivity contribution in [3.63, 3.8) is 0 Å². The lowest BCUT2D eigenvalue weighted by atomic mass is 9.79. The zero-order valence-electron chi connectivity index (χ0n) is 15.8. The molecular weight excluding hydrogens is 338 g/mol. The highest BCUT2D eigenvalue weighted by Crippen LogP contribution is 2.36. The third kappa shape index (κ3) is 3.78. The molecule has 0 unspecified atom stereocenters. The molecule has 27 heavy (non-hydrogen) atoms. The maximum atomic E-state index is 13.0. The number of piperidine rings is 1. The lowest BCUT2D eigenvalue weighted by Crippen LogP contribution is -2.48. The second-order valence-corrected chi connectivity index (χ2v) is 7.66. The predicted octanol–water partition coefficient (Wildman–Crippen LogP) is 3.97. The Balaban J connectivity index is 1.51. The number of carbonyl (C=O) groups is 1. The van der Waals surface area contributed by atoms with Gasteiger partial charge in [0.05, 0.1) is 12.8 Å². The van der Waals surface area contributed by atoms with Gasteiger partial charge in [0, 0.05) is 30.6 Å². The van der Waals surface area contributed by atoms with Crippen LogP contribution in [0.3, 0.4) is 0 Å². The number of benzene rings is 2. The fraction of sp³-hybridized carbons (Fsp3) is 0.409. The standard InChI is InChI=1S/C22H27N3O2/c1-27-18-9-7-17(8-10-18)19-5-2-3-6-20(19)24-21(26)25-14-4-11-22(16-25)12-13-23-15-22/h2-3,5-10,23H,4,11-16H2,1H3,(H,24,26)/t22-/m0/s1. The van der Waals surface area contributed by atoms with Crippen molar-refractivity contribution in [1.29, 1.82) is 0 Å². The lowest BCUT2D eigenvalue weighted by molar-refractivity contribution is 0.125. The third-order valence-electron chi connectivity index (χ3n) is 5.85. The molecule has 1 spiro atoms. The Hall–Kier alpha value is -2.53. The number of para-hydroxylation sites is 1. The average molecular weight is 365 g/mol. The molecule has 2 aromatic rings. The number of amides is 2. The summed E-state index contributed by atoms with van der Waals surface area (Å²) in [6.45, 7) is 3.77. The molecule has 5 heteroatoms. The van der Waals surface area contributed by atoms with Crippen molar-refractivity contribution in [2.45, 2.75) is 19.3 Å². The number of urea groups is 1. The van der Waals surface area contributed by atoms with Crippen LogP contribution in [-0.4, -0.2) is 44.2 Å². The summed E-state index contributed by atoms with van der Waals surface area (Å²) in [5.41, 5.74) is 3.19. The van der Waals surface area contributed by atoms with Crippen LogP contribution in [0.15, 0.2) is 48.5 Å². The Morgan fingerprint density at radius 3 is 2.70 bits per heavy atom. The van der Waals surface area contributed by atoms with Gasteiger partial charge >= 0.3 is 6.03 Å². The fourth-order valence-corrected chi connectivity index (χ4v) is 4.33. The van der Waals surface area contributed by atoms with E-state index in [0.717, 1.165) is 55.2 Å². The van der Waals surface area contributed by atoms with Gasteiger partial charge in [0.1, 0.15) is 5.75 Å². The van der Waals surface area contributed by atoms with Crippen molar-refractivity contribution < 1.29 is 9.53 Å². The van der Waals surface area contributed by atoms with Gasteiger partial charge in [-0.1, -0.05) is 30.3 Å². The Morgan fingerprint density at radius 2 is 1.96 bits per heavy atom. The molecule has 0 saturated carbocycles. The SMILES string of the molecule is COc1ccc(-c2ccccc2NC(=O)N2CCC[C@@]3(CCNC3)C2)cc1.